The summed E-state index contributed by atoms with van der Waals surface area (Å²) in [5.41, 5.74) is 5.84. The van der Waals surface area contributed by atoms with E-state index < -0.39 is 30.1 Å². The van der Waals surface area contributed by atoms with E-state index >= 15 is 0 Å². The van der Waals surface area contributed by atoms with Crippen LogP contribution in [0.15, 0.2) is 24.4 Å². The predicted molar refractivity (Wildman–Crippen MR) is 107 cm³/mol. The lowest BCUT2D eigenvalue weighted by Gasteiger charge is -2.44. The highest BCUT2D eigenvalue weighted by Gasteiger charge is 2.56. The summed E-state index contributed by atoms with van der Waals surface area (Å²) in [7, 11) is 0. The van der Waals surface area contributed by atoms with Gasteiger partial charge in [-0.1, -0.05) is 0 Å². The second-order valence-electron chi connectivity index (χ2n) is 7.97. The number of amides is 1. The number of hydrogen-bond donors (Lipinski definition) is 2. The molecule has 2 atom stereocenters. The quantitative estimate of drug-likeness (QED) is 0.732. The van der Waals surface area contributed by atoms with Gasteiger partial charge in [-0.2, -0.15) is 0 Å². The summed E-state index contributed by atoms with van der Waals surface area (Å²) < 4.78 is 46.2. The molecule has 1 amide bonds. The summed E-state index contributed by atoms with van der Waals surface area (Å²) in [5.74, 6) is 1.17. The Bertz CT molecular complexity index is 1010. The topological polar surface area (TPSA) is 104 Å². The molecule has 0 unspecified atom stereocenters. The fraction of sp³-hybridized carbons (Fsp3) is 0.500. The van der Waals surface area contributed by atoms with E-state index in [1.165, 1.54) is 0 Å². The highest BCUT2D eigenvalue weighted by Crippen LogP contribution is 2.42. The van der Waals surface area contributed by atoms with Crippen molar-refractivity contribution in [1.29, 1.82) is 0 Å². The number of carbonyl (C=O) groups is 1. The zero-order valence-corrected chi connectivity index (χ0v) is 16.9. The maximum absolute atomic E-state index is 13.7. The van der Waals surface area contributed by atoms with Crippen LogP contribution < -0.4 is 20.7 Å². The first-order valence-corrected chi connectivity index (χ1v) is 10.1. The standard InChI is InChI=1S/C20H23F2N5O4/c1-11(18(23)28)24-12-2-3-13-15(6-12)30-5-4-26-7-16(25-19(13)26)27-14(17(21)22)8-31-20(27)9-29-10-20/h2-3,6-7,11,14,17,24H,4-5,8-10H2,1H3,(H2,23,28)/t11-,14-/m0/s1. The molecule has 0 bridgehead atoms. The molecule has 2 fully saturated rings. The second-order valence-corrected chi connectivity index (χ2v) is 7.97. The van der Waals surface area contributed by atoms with Crippen LogP contribution in [0.3, 0.4) is 0 Å². The summed E-state index contributed by atoms with van der Waals surface area (Å²) in [6.45, 7) is 2.94. The zero-order chi connectivity index (χ0) is 21.8. The molecule has 1 aromatic carbocycles. The van der Waals surface area contributed by atoms with E-state index in [9.17, 15) is 13.6 Å². The first kappa shape index (κ1) is 20.0. The first-order chi connectivity index (χ1) is 14.9. The van der Waals surface area contributed by atoms with Crippen LogP contribution in [0, 0.1) is 0 Å². The minimum absolute atomic E-state index is 0.0734. The van der Waals surface area contributed by atoms with E-state index in [2.05, 4.69) is 5.32 Å². The molecule has 2 saturated heterocycles. The number of imidazole rings is 1. The van der Waals surface area contributed by atoms with Gasteiger partial charge in [0.25, 0.3) is 6.43 Å². The molecule has 2 aromatic rings. The third kappa shape index (κ3) is 3.28. The zero-order valence-electron chi connectivity index (χ0n) is 16.9. The van der Waals surface area contributed by atoms with Gasteiger partial charge in [-0.25, -0.2) is 13.8 Å². The minimum atomic E-state index is -2.57. The number of hydrogen-bond acceptors (Lipinski definition) is 7. The van der Waals surface area contributed by atoms with Gasteiger partial charge in [0, 0.05) is 18.0 Å². The van der Waals surface area contributed by atoms with E-state index in [0.717, 1.165) is 5.56 Å². The number of aromatic nitrogens is 2. The Morgan fingerprint density at radius 3 is 2.87 bits per heavy atom. The molecule has 4 heterocycles. The van der Waals surface area contributed by atoms with Gasteiger partial charge in [-0.3, -0.25) is 4.79 Å². The number of primary amides is 1. The fourth-order valence-electron chi connectivity index (χ4n) is 4.14. The van der Waals surface area contributed by atoms with Gasteiger partial charge in [0.2, 0.25) is 5.91 Å². The van der Waals surface area contributed by atoms with Crippen LogP contribution in [0.25, 0.3) is 11.4 Å². The summed E-state index contributed by atoms with van der Waals surface area (Å²) in [6, 6.07) is 3.78. The Morgan fingerprint density at radius 1 is 1.39 bits per heavy atom. The minimum Gasteiger partial charge on any atom is -0.491 e. The number of rotatable bonds is 5. The van der Waals surface area contributed by atoms with Crippen molar-refractivity contribution in [3.8, 4) is 17.1 Å². The maximum atomic E-state index is 13.7. The summed E-state index contributed by atoms with van der Waals surface area (Å²) >= 11 is 0. The van der Waals surface area contributed by atoms with Gasteiger partial charge in [0.15, 0.2) is 5.72 Å². The molecule has 1 aromatic heterocycles. The van der Waals surface area contributed by atoms with E-state index in [4.69, 9.17) is 24.9 Å². The highest BCUT2D eigenvalue weighted by atomic mass is 19.3. The molecule has 1 spiro atoms. The molecule has 3 aliphatic heterocycles. The van der Waals surface area contributed by atoms with Gasteiger partial charge in [0.05, 0.1) is 31.9 Å². The predicted octanol–water partition coefficient (Wildman–Crippen LogP) is 1.42. The number of anilines is 2. The Morgan fingerprint density at radius 2 is 2.19 bits per heavy atom. The molecule has 0 aliphatic carbocycles. The SMILES string of the molecule is C[C@H](Nc1ccc2c(c1)OCCn1cc(N3[C@H](C(F)F)COC34COC4)nc1-2)C(N)=O. The number of nitrogens with one attached hydrogen (secondary N) is 1. The second kappa shape index (κ2) is 7.34. The average molecular weight is 435 g/mol. The summed E-state index contributed by atoms with van der Waals surface area (Å²) in [5, 5.41) is 3.03. The fourth-order valence-corrected chi connectivity index (χ4v) is 4.14. The molecule has 31 heavy (non-hydrogen) atoms. The third-order valence-corrected chi connectivity index (χ3v) is 5.87. The van der Waals surface area contributed by atoms with Gasteiger partial charge in [-0.15, -0.1) is 0 Å². The van der Waals surface area contributed by atoms with Crippen LogP contribution in [0.2, 0.25) is 0 Å². The number of alkyl halides is 2. The monoisotopic (exact) mass is 435 g/mol. The number of nitrogens with two attached hydrogens (primary N) is 1. The lowest BCUT2D eigenvalue weighted by atomic mass is 10.1. The molecule has 0 saturated carbocycles. The van der Waals surface area contributed by atoms with Crippen molar-refractivity contribution < 1.29 is 27.8 Å². The normalized spacial score (nSPS) is 22.3. The smallest absolute Gasteiger partial charge is 0.261 e. The molecule has 5 rings (SSSR count). The number of nitrogens with zero attached hydrogens (tertiary/aromatic N) is 3. The van der Waals surface area contributed by atoms with Gasteiger partial charge < -0.3 is 34.7 Å². The molecule has 9 nitrogen and oxygen atoms in total. The average Bonchev–Trinajstić information content (AvgIpc) is 3.26. The Kier molecular flexibility index (Phi) is 4.74. The highest BCUT2D eigenvalue weighted by molar-refractivity contribution is 5.83. The summed E-state index contributed by atoms with van der Waals surface area (Å²) in [4.78, 5) is 17.6. The third-order valence-electron chi connectivity index (χ3n) is 5.87. The Labute approximate surface area is 177 Å². The largest absolute Gasteiger partial charge is 0.491 e. The lowest BCUT2D eigenvalue weighted by molar-refractivity contribution is -0.182. The van der Waals surface area contributed by atoms with Crippen molar-refractivity contribution in [1.82, 2.24) is 9.55 Å². The summed E-state index contributed by atoms with van der Waals surface area (Å²) in [6.07, 6.45) is -0.808. The van der Waals surface area contributed by atoms with E-state index in [1.54, 1.807) is 30.2 Å². The van der Waals surface area contributed by atoms with Crippen molar-refractivity contribution in [2.45, 2.75) is 37.7 Å². The van der Waals surface area contributed by atoms with Crippen molar-refractivity contribution in [3.63, 3.8) is 0 Å². The molecule has 3 aliphatic rings. The van der Waals surface area contributed by atoms with Gasteiger partial charge in [0.1, 0.15) is 36.1 Å². The first-order valence-electron chi connectivity index (χ1n) is 10.1. The number of ether oxygens (including phenoxy) is 3. The van der Waals surface area contributed by atoms with Crippen molar-refractivity contribution in [2.75, 3.05) is 36.6 Å². The van der Waals surface area contributed by atoms with Crippen molar-refractivity contribution in [3.05, 3.63) is 24.4 Å². The molecular weight excluding hydrogens is 412 g/mol. The van der Waals surface area contributed by atoms with Crippen LogP contribution in [0.4, 0.5) is 20.3 Å². The van der Waals surface area contributed by atoms with E-state index in [-0.39, 0.29) is 19.8 Å². The number of benzene rings is 1. The number of carbonyl (C=O) groups excluding carboxylic acids is 1. The van der Waals surface area contributed by atoms with Crippen LogP contribution in [0.5, 0.6) is 5.75 Å². The van der Waals surface area contributed by atoms with Crippen LogP contribution >= 0.6 is 0 Å². The Hall–Kier alpha value is -2.92. The Balaban J connectivity index is 1.50. The lowest BCUT2D eigenvalue weighted by Crippen LogP contribution is -2.62. The van der Waals surface area contributed by atoms with E-state index in [1.807, 2.05) is 10.6 Å². The number of halogens is 2. The molecule has 166 valence electrons. The van der Waals surface area contributed by atoms with Gasteiger partial charge >= 0.3 is 0 Å². The molecule has 11 heteroatoms. The van der Waals surface area contributed by atoms with E-state index in [0.29, 0.717) is 36.2 Å². The van der Waals surface area contributed by atoms with Gasteiger partial charge in [-0.05, 0) is 19.1 Å². The number of fused-ring (bicyclic) bond motifs is 3. The molecule has 0 radical (unpaired) electrons. The van der Waals surface area contributed by atoms with Crippen LogP contribution in [-0.4, -0.2) is 66.1 Å². The van der Waals surface area contributed by atoms with Crippen molar-refractivity contribution in [2.24, 2.45) is 5.73 Å². The maximum Gasteiger partial charge on any atom is 0.261 e. The van der Waals surface area contributed by atoms with Crippen molar-refractivity contribution >= 4 is 17.4 Å². The molecule has 3 N–H and O–H groups in total. The molecular formula is C20H23F2N5O4. The van der Waals surface area contributed by atoms with Crippen LogP contribution in [-0.2, 0) is 20.8 Å². The van der Waals surface area contributed by atoms with Crippen LogP contribution in [0.1, 0.15) is 6.92 Å².